The van der Waals surface area contributed by atoms with Crippen LogP contribution in [0.1, 0.15) is 36.1 Å². The molecule has 2 aromatic carbocycles. The number of benzene rings is 2. The zero-order valence-electron chi connectivity index (χ0n) is 24.2. The van der Waals surface area contributed by atoms with Crippen molar-refractivity contribution in [1.82, 2.24) is 4.98 Å². The number of likely N-dealkylation sites (N-methyl/N-ethyl adjacent to an activating group) is 1. The third-order valence-electron chi connectivity index (χ3n) is 7.81. The summed E-state index contributed by atoms with van der Waals surface area (Å²) in [7, 11) is 1.34. The first-order valence-electron chi connectivity index (χ1n) is 13.5. The van der Waals surface area contributed by atoms with Crippen LogP contribution in [0.4, 0.5) is 37.8 Å². The number of carbonyl (C=O) groups is 2. The van der Waals surface area contributed by atoms with Crippen molar-refractivity contribution in [3.05, 3.63) is 77.0 Å². The Morgan fingerprint density at radius 1 is 1.02 bits per heavy atom. The van der Waals surface area contributed by atoms with Gasteiger partial charge in [-0.1, -0.05) is 24.3 Å². The molecule has 4 rings (SSSR count). The van der Waals surface area contributed by atoms with Crippen LogP contribution < -0.4 is 9.80 Å². The van der Waals surface area contributed by atoms with Crippen molar-refractivity contribution in [3.63, 3.8) is 0 Å². The van der Waals surface area contributed by atoms with Crippen molar-refractivity contribution in [2.45, 2.75) is 44.6 Å². The van der Waals surface area contributed by atoms with E-state index in [0.29, 0.717) is 23.3 Å². The number of aromatic nitrogens is 1. The van der Waals surface area contributed by atoms with Crippen LogP contribution in [0.5, 0.6) is 0 Å². The third-order valence-corrected chi connectivity index (χ3v) is 9.38. The SMILES string of the molecule is Cc1ccccc1-c1cc(N2CC[SH2+]([O-])C(=O)C2CO)ncc1N(C)C(=O)C(C)(C)c1cc(C(F)(F)F)cc(C(F)(F)F)c1. The fraction of sp³-hybridized carbons (Fsp3) is 0.367. The van der Waals surface area contributed by atoms with Gasteiger partial charge < -0.3 is 19.5 Å². The number of nitrogens with zero attached hydrogens (tertiary/aromatic N) is 3. The number of amides is 1. The fourth-order valence-corrected chi connectivity index (χ4v) is 6.51. The average molecular weight is 644 g/mol. The summed E-state index contributed by atoms with van der Waals surface area (Å²) in [5.41, 5.74) is -3.36. The number of aliphatic hydroxyl groups is 1. The van der Waals surface area contributed by atoms with E-state index in [2.05, 4.69) is 4.98 Å². The first-order chi connectivity index (χ1) is 20.4. The van der Waals surface area contributed by atoms with Crippen LogP contribution in [-0.4, -0.2) is 57.7 Å². The lowest BCUT2D eigenvalue weighted by molar-refractivity contribution is -0.143. The molecule has 0 radical (unpaired) electrons. The highest BCUT2D eigenvalue weighted by Crippen LogP contribution is 2.41. The summed E-state index contributed by atoms with van der Waals surface area (Å²) in [4.78, 5) is 33.5. The van der Waals surface area contributed by atoms with Crippen LogP contribution in [0, 0.1) is 6.92 Å². The zero-order valence-corrected chi connectivity index (χ0v) is 25.2. The highest BCUT2D eigenvalue weighted by molar-refractivity contribution is 8.06. The minimum Gasteiger partial charge on any atom is -0.682 e. The summed E-state index contributed by atoms with van der Waals surface area (Å²) in [5, 5.41) is 9.30. The van der Waals surface area contributed by atoms with E-state index < -0.39 is 69.3 Å². The molecule has 1 saturated heterocycles. The highest BCUT2D eigenvalue weighted by atomic mass is 32.2. The number of anilines is 2. The van der Waals surface area contributed by atoms with E-state index in [4.69, 9.17) is 0 Å². The molecule has 14 heteroatoms. The second-order valence-electron chi connectivity index (χ2n) is 11.1. The van der Waals surface area contributed by atoms with E-state index in [1.807, 2.05) is 0 Å². The van der Waals surface area contributed by atoms with Crippen LogP contribution in [0.3, 0.4) is 0 Å². The maximum absolute atomic E-state index is 13.9. The molecule has 3 aromatic rings. The molecule has 0 spiro atoms. The number of rotatable bonds is 6. The topological polar surface area (TPSA) is 96.8 Å². The summed E-state index contributed by atoms with van der Waals surface area (Å²) in [6, 6.07) is 8.68. The number of hydrogen-bond acceptors (Lipinski definition) is 6. The Labute approximate surface area is 252 Å². The Hall–Kier alpha value is -3.62. The lowest BCUT2D eigenvalue weighted by Crippen LogP contribution is -2.54. The van der Waals surface area contributed by atoms with Crippen LogP contribution in [0.15, 0.2) is 54.7 Å². The van der Waals surface area contributed by atoms with Crippen LogP contribution >= 0.6 is 0 Å². The number of pyridine rings is 1. The summed E-state index contributed by atoms with van der Waals surface area (Å²) < 4.78 is 93.7. The number of hydrogen-bond donors (Lipinski definition) is 1. The first kappa shape index (κ1) is 33.3. The molecule has 0 saturated carbocycles. The third kappa shape index (κ3) is 6.42. The maximum Gasteiger partial charge on any atom is 0.416 e. The molecule has 1 unspecified atom stereocenters. The molecule has 1 aliphatic heterocycles. The van der Waals surface area contributed by atoms with Gasteiger partial charge in [0.15, 0.2) is 6.04 Å². The van der Waals surface area contributed by atoms with Crippen molar-refractivity contribution < 1.29 is 45.6 Å². The van der Waals surface area contributed by atoms with E-state index in [0.717, 1.165) is 10.5 Å². The first-order valence-corrected chi connectivity index (χ1v) is 15.1. The smallest absolute Gasteiger partial charge is 0.416 e. The van der Waals surface area contributed by atoms with Gasteiger partial charge in [-0.05, 0) is 61.7 Å². The minimum atomic E-state index is -5.09. The van der Waals surface area contributed by atoms with Gasteiger partial charge in [0.1, 0.15) is 5.82 Å². The van der Waals surface area contributed by atoms with Crippen molar-refractivity contribution in [2.75, 3.05) is 35.8 Å². The molecule has 238 valence electrons. The van der Waals surface area contributed by atoms with Crippen LogP contribution in [0.2, 0.25) is 0 Å². The van der Waals surface area contributed by atoms with E-state index in [1.54, 1.807) is 37.3 Å². The lowest BCUT2D eigenvalue weighted by atomic mass is 9.81. The number of aliphatic hydroxyl groups excluding tert-OH is 1. The molecule has 0 bridgehead atoms. The monoisotopic (exact) mass is 643 g/mol. The largest absolute Gasteiger partial charge is 0.682 e. The molecule has 44 heavy (non-hydrogen) atoms. The molecular weight excluding hydrogens is 612 g/mol. The predicted molar refractivity (Wildman–Crippen MR) is 156 cm³/mol. The van der Waals surface area contributed by atoms with Gasteiger partial charge in [0.2, 0.25) is 5.91 Å². The van der Waals surface area contributed by atoms with Crippen molar-refractivity contribution >= 4 is 33.7 Å². The second kappa shape index (κ2) is 12.1. The minimum absolute atomic E-state index is 0.00850. The Morgan fingerprint density at radius 2 is 1.59 bits per heavy atom. The molecule has 1 amide bonds. The summed E-state index contributed by atoms with van der Waals surface area (Å²) in [6.45, 7) is 3.86. The van der Waals surface area contributed by atoms with Gasteiger partial charge in [-0.3, -0.25) is 4.79 Å². The molecule has 0 aliphatic carbocycles. The van der Waals surface area contributed by atoms with Crippen molar-refractivity contribution in [1.29, 1.82) is 0 Å². The summed E-state index contributed by atoms with van der Waals surface area (Å²) in [6.07, 6.45) is -8.86. The van der Waals surface area contributed by atoms with E-state index in [9.17, 15) is 45.6 Å². The molecule has 1 N–H and O–H groups in total. The lowest BCUT2D eigenvalue weighted by Gasteiger charge is -2.39. The van der Waals surface area contributed by atoms with Gasteiger partial charge in [-0.25, -0.2) is 21.0 Å². The standard InChI is InChI=1S/C30H31F6N3O4S/c1-17-7-5-6-8-21(17)22-14-25(39-9-10-44(43)26(41)24(39)16-40)37-15-23(22)38(4)27(42)28(2,3)18-11-19(29(31,32)33)13-20(12-18)30(34,35)36/h5-8,11-15,24,40H,9-10,16,44H2,1-4H3. The van der Waals surface area contributed by atoms with E-state index in [-0.39, 0.29) is 29.9 Å². The molecule has 1 aromatic heterocycles. The van der Waals surface area contributed by atoms with Crippen LogP contribution in [0.25, 0.3) is 11.1 Å². The Morgan fingerprint density at radius 3 is 2.14 bits per heavy atom. The Kier molecular flexibility index (Phi) is 9.11. The zero-order chi connectivity index (χ0) is 32.8. The van der Waals surface area contributed by atoms with Crippen LogP contribution in [-0.2, 0) is 38.5 Å². The maximum atomic E-state index is 13.9. The Bertz CT molecular complexity index is 1540. The van der Waals surface area contributed by atoms with Crippen molar-refractivity contribution in [2.24, 2.45) is 0 Å². The van der Waals surface area contributed by atoms with Gasteiger partial charge >= 0.3 is 12.4 Å². The predicted octanol–water partition coefficient (Wildman–Crippen LogP) is 4.96. The number of halogens is 6. The normalized spacial score (nSPS) is 17.2. The fourth-order valence-electron chi connectivity index (χ4n) is 5.20. The molecule has 1 atom stereocenters. The number of aryl methyl sites for hydroxylation is 1. The van der Waals surface area contributed by atoms with Gasteiger partial charge in [0.05, 0.1) is 47.3 Å². The van der Waals surface area contributed by atoms with Gasteiger partial charge in [-0.15, -0.1) is 0 Å². The molecular formula is C30H31F6N3O4S. The molecule has 7 nitrogen and oxygen atoms in total. The molecule has 1 aliphatic rings. The summed E-state index contributed by atoms with van der Waals surface area (Å²) in [5.74, 6) is -0.469. The molecule has 1 fully saturated rings. The average Bonchev–Trinajstić information content (AvgIpc) is 2.96. The number of alkyl halides is 6. The molecule has 2 heterocycles. The van der Waals surface area contributed by atoms with Gasteiger partial charge in [0, 0.05) is 12.6 Å². The van der Waals surface area contributed by atoms with Gasteiger partial charge in [0.25, 0.3) is 5.12 Å². The Balaban J connectivity index is 1.83. The summed E-state index contributed by atoms with van der Waals surface area (Å²) >= 11 is -2.55. The second-order valence-corrected chi connectivity index (χ2v) is 12.9. The van der Waals surface area contributed by atoms with E-state index >= 15 is 0 Å². The number of carbonyl (C=O) groups excluding carboxylic acids is 2. The van der Waals surface area contributed by atoms with Crippen molar-refractivity contribution in [3.8, 4) is 11.1 Å². The highest BCUT2D eigenvalue weighted by Gasteiger charge is 2.42. The quantitative estimate of drug-likeness (QED) is 0.302. The van der Waals surface area contributed by atoms with E-state index in [1.165, 1.54) is 32.0 Å². The van der Waals surface area contributed by atoms with Gasteiger partial charge in [-0.2, -0.15) is 26.3 Å².